The number of para-hydroxylation sites is 1. The van der Waals surface area contributed by atoms with Crippen molar-refractivity contribution in [3.8, 4) is 0 Å². The van der Waals surface area contributed by atoms with E-state index >= 15 is 0 Å². The minimum Gasteiger partial charge on any atom is -0.370 e. The van der Waals surface area contributed by atoms with Gasteiger partial charge in [-0.25, -0.2) is 4.98 Å². The molecular weight excluding hydrogens is 345 g/mol. The maximum absolute atomic E-state index is 12.3. The van der Waals surface area contributed by atoms with Gasteiger partial charge in [0.25, 0.3) is 5.91 Å². The van der Waals surface area contributed by atoms with Crippen LogP contribution in [0.15, 0.2) is 36.5 Å². The molecule has 0 spiro atoms. The van der Waals surface area contributed by atoms with Crippen molar-refractivity contribution in [2.75, 3.05) is 23.3 Å². The molecule has 4 nitrogen and oxygen atoms in total. The second kappa shape index (κ2) is 7.41. The van der Waals surface area contributed by atoms with E-state index in [4.69, 9.17) is 23.2 Å². The number of aromatic nitrogens is 1. The molecule has 0 aliphatic carbocycles. The summed E-state index contributed by atoms with van der Waals surface area (Å²) >= 11 is 12.1. The summed E-state index contributed by atoms with van der Waals surface area (Å²) in [5.74, 6) is 0.448. The molecule has 1 saturated heterocycles. The van der Waals surface area contributed by atoms with Gasteiger partial charge in [0.15, 0.2) is 0 Å². The molecule has 1 aliphatic rings. The van der Waals surface area contributed by atoms with Crippen molar-refractivity contribution in [2.45, 2.75) is 19.8 Å². The summed E-state index contributed by atoms with van der Waals surface area (Å²) in [7, 11) is 0. The number of pyridine rings is 1. The van der Waals surface area contributed by atoms with Crippen molar-refractivity contribution in [3.63, 3.8) is 0 Å². The number of anilines is 2. The Morgan fingerprint density at radius 2 is 1.83 bits per heavy atom. The molecule has 0 atom stereocenters. The van der Waals surface area contributed by atoms with E-state index in [9.17, 15) is 4.79 Å². The van der Waals surface area contributed by atoms with Crippen LogP contribution in [0, 0.1) is 5.92 Å². The van der Waals surface area contributed by atoms with Crippen LogP contribution in [0.3, 0.4) is 0 Å². The monoisotopic (exact) mass is 363 g/mol. The van der Waals surface area contributed by atoms with Gasteiger partial charge in [0.1, 0.15) is 5.69 Å². The van der Waals surface area contributed by atoms with Gasteiger partial charge >= 0.3 is 0 Å². The van der Waals surface area contributed by atoms with Gasteiger partial charge in [0, 0.05) is 13.1 Å². The van der Waals surface area contributed by atoms with E-state index in [1.165, 1.54) is 12.8 Å². The Balaban J connectivity index is 1.70. The Morgan fingerprint density at radius 1 is 1.17 bits per heavy atom. The number of rotatable bonds is 3. The van der Waals surface area contributed by atoms with Crippen LogP contribution < -0.4 is 10.2 Å². The fourth-order valence-electron chi connectivity index (χ4n) is 2.77. The molecular formula is C18H19Cl2N3O. The highest BCUT2D eigenvalue weighted by molar-refractivity contribution is 6.39. The van der Waals surface area contributed by atoms with Crippen molar-refractivity contribution >= 4 is 40.5 Å². The van der Waals surface area contributed by atoms with Crippen molar-refractivity contribution in [2.24, 2.45) is 5.92 Å². The molecule has 0 radical (unpaired) electrons. The normalized spacial score (nSPS) is 15.4. The number of piperidine rings is 1. The molecule has 6 heteroatoms. The van der Waals surface area contributed by atoms with Crippen LogP contribution in [0.4, 0.5) is 11.4 Å². The van der Waals surface area contributed by atoms with Gasteiger partial charge in [0.05, 0.1) is 27.6 Å². The minimum absolute atomic E-state index is 0.330. The number of amides is 1. The largest absolute Gasteiger partial charge is 0.370 e. The number of hydrogen-bond acceptors (Lipinski definition) is 3. The molecule has 2 heterocycles. The molecule has 1 aromatic carbocycles. The van der Waals surface area contributed by atoms with E-state index in [1.54, 1.807) is 30.5 Å². The van der Waals surface area contributed by atoms with Crippen molar-refractivity contribution in [1.82, 2.24) is 4.98 Å². The van der Waals surface area contributed by atoms with E-state index in [2.05, 4.69) is 22.1 Å². The molecule has 126 valence electrons. The Morgan fingerprint density at radius 3 is 2.42 bits per heavy atom. The quantitative estimate of drug-likeness (QED) is 0.845. The number of benzene rings is 1. The molecule has 0 bridgehead atoms. The Kier molecular flexibility index (Phi) is 5.27. The number of nitrogens with one attached hydrogen (secondary N) is 1. The summed E-state index contributed by atoms with van der Waals surface area (Å²) in [5.41, 5.74) is 1.79. The molecule has 1 N–H and O–H groups in total. The number of carbonyl (C=O) groups excluding carboxylic acids is 1. The van der Waals surface area contributed by atoms with Crippen molar-refractivity contribution < 1.29 is 4.79 Å². The van der Waals surface area contributed by atoms with Crippen LogP contribution in [0.25, 0.3) is 0 Å². The number of nitrogens with zero attached hydrogens (tertiary/aromatic N) is 2. The highest BCUT2D eigenvalue weighted by atomic mass is 35.5. The molecule has 1 aromatic heterocycles. The zero-order valence-electron chi connectivity index (χ0n) is 13.4. The summed E-state index contributed by atoms with van der Waals surface area (Å²) in [6.45, 7) is 4.34. The Hall–Kier alpha value is -1.78. The summed E-state index contributed by atoms with van der Waals surface area (Å²) in [5, 5.41) is 3.52. The summed E-state index contributed by atoms with van der Waals surface area (Å²) < 4.78 is 0. The van der Waals surface area contributed by atoms with Crippen molar-refractivity contribution in [1.29, 1.82) is 0 Å². The topological polar surface area (TPSA) is 45.2 Å². The highest BCUT2D eigenvalue weighted by Gasteiger charge is 2.17. The third-order valence-electron chi connectivity index (χ3n) is 4.33. The maximum atomic E-state index is 12.3. The molecule has 2 aromatic rings. The molecule has 24 heavy (non-hydrogen) atoms. The predicted octanol–water partition coefficient (Wildman–Crippen LogP) is 4.88. The standard InChI is InChI=1S/C18H19Cl2N3O/c1-12-7-9-23(10-8-12)13-5-6-16(21-11-13)18(24)22-17-14(19)3-2-4-15(17)20/h2-6,11-12H,7-10H2,1H3,(H,22,24). The lowest BCUT2D eigenvalue weighted by atomic mass is 9.99. The second-order valence-electron chi connectivity index (χ2n) is 6.12. The van der Waals surface area contributed by atoms with Gasteiger partial charge in [-0.15, -0.1) is 0 Å². The van der Waals surface area contributed by atoms with E-state index in [0.717, 1.165) is 24.7 Å². The van der Waals surface area contributed by atoms with E-state index in [0.29, 0.717) is 21.4 Å². The van der Waals surface area contributed by atoms with Gasteiger partial charge in [-0.05, 0) is 43.0 Å². The fourth-order valence-corrected chi connectivity index (χ4v) is 3.26. The first-order chi connectivity index (χ1) is 11.5. The Bertz CT molecular complexity index is 705. The zero-order valence-corrected chi connectivity index (χ0v) is 14.9. The fraction of sp³-hybridized carbons (Fsp3) is 0.333. The third-order valence-corrected chi connectivity index (χ3v) is 4.96. The molecule has 3 rings (SSSR count). The van der Waals surface area contributed by atoms with Gasteiger partial charge in [-0.3, -0.25) is 4.79 Å². The lowest BCUT2D eigenvalue weighted by Gasteiger charge is -2.31. The van der Waals surface area contributed by atoms with Gasteiger partial charge in [-0.2, -0.15) is 0 Å². The average molecular weight is 364 g/mol. The van der Waals surface area contributed by atoms with Gasteiger partial charge in [-0.1, -0.05) is 36.2 Å². The van der Waals surface area contributed by atoms with Crippen LogP contribution in [0.5, 0.6) is 0 Å². The maximum Gasteiger partial charge on any atom is 0.274 e. The average Bonchev–Trinajstić information content (AvgIpc) is 2.59. The van der Waals surface area contributed by atoms with Crippen LogP contribution in [-0.2, 0) is 0 Å². The SMILES string of the molecule is CC1CCN(c2ccc(C(=O)Nc3c(Cl)cccc3Cl)nc2)CC1. The van der Waals surface area contributed by atoms with E-state index in [1.807, 2.05) is 6.07 Å². The predicted molar refractivity (Wildman–Crippen MR) is 99.3 cm³/mol. The lowest BCUT2D eigenvalue weighted by molar-refractivity contribution is 0.102. The van der Waals surface area contributed by atoms with Gasteiger partial charge < -0.3 is 10.2 Å². The lowest BCUT2D eigenvalue weighted by Crippen LogP contribution is -2.32. The summed E-state index contributed by atoms with van der Waals surface area (Å²) in [4.78, 5) is 18.9. The smallest absolute Gasteiger partial charge is 0.274 e. The van der Waals surface area contributed by atoms with Crippen LogP contribution in [-0.4, -0.2) is 24.0 Å². The van der Waals surface area contributed by atoms with Crippen LogP contribution in [0.1, 0.15) is 30.3 Å². The summed E-state index contributed by atoms with van der Waals surface area (Å²) in [6.07, 6.45) is 4.12. The van der Waals surface area contributed by atoms with E-state index < -0.39 is 0 Å². The summed E-state index contributed by atoms with van der Waals surface area (Å²) in [6, 6.07) is 8.75. The number of carbonyl (C=O) groups is 1. The molecule has 1 aliphatic heterocycles. The van der Waals surface area contributed by atoms with Crippen LogP contribution >= 0.6 is 23.2 Å². The highest BCUT2D eigenvalue weighted by Crippen LogP contribution is 2.30. The first kappa shape index (κ1) is 17.1. The number of hydrogen-bond donors (Lipinski definition) is 1. The van der Waals surface area contributed by atoms with Gasteiger partial charge in [0.2, 0.25) is 0 Å². The van der Waals surface area contributed by atoms with Crippen LogP contribution in [0.2, 0.25) is 10.0 Å². The molecule has 1 fully saturated rings. The molecule has 1 amide bonds. The first-order valence-electron chi connectivity index (χ1n) is 8.01. The first-order valence-corrected chi connectivity index (χ1v) is 8.76. The third kappa shape index (κ3) is 3.82. The molecule has 0 unspecified atom stereocenters. The molecule has 0 saturated carbocycles. The van der Waals surface area contributed by atoms with E-state index in [-0.39, 0.29) is 5.91 Å². The minimum atomic E-state index is -0.330. The van der Waals surface area contributed by atoms with Crippen molar-refractivity contribution in [3.05, 3.63) is 52.3 Å². The number of halogens is 2. The Labute approximate surface area is 151 Å². The zero-order chi connectivity index (χ0) is 17.1. The second-order valence-corrected chi connectivity index (χ2v) is 6.94.